The monoisotopic (exact) mass is 431 g/mol. The van der Waals surface area contributed by atoms with Crippen molar-refractivity contribution in [2.75, 3.05) is 5.32 Å². The minimum absolute atomic E-state index is 0.141. The van der Waals surface area contributed by atoms with Gasteiger partial charge in [-0.05, 0) is 55.0 Å². The largest absolute Gasteiger partial charge is 0.489 e. The lowest BCUT2D eigenvalue weighted by Gasteiger charge is -2.08. The molecular formula is C25H25N3O2S. The fourth-order valence-electron chi connectivity index (χ4n) is 3.36. The van der Waals surface area contributed by atoms with Crippen LogP contribution in [0.2, 0.25) is 0 Å². The molecule has 4 rings (SSSR count). The summed E-state index contributed by atoms with van der Waals surface area (Å²) in [5.74, 6) is 0.724. The molecule has 0 aliphatic carbocycles. The van der Waals surface area contributed by atoms with Crippen LogP contribution >= 0.6 is 11.3 Å². The van der Waals surface area contributed by atoms with Crippen molar-refractivity contribution in [3.63, 3.8) is 0 Å². The summed E-state index contributed by atoms with van der Waals surface area (Å²) < 4.78 is 7.75. The third-order valence-corrected chi connectivity index (χ3v) is 6.06. The average molecular weight is 432 g/mol. The fourth-order valence-corrected chi connectivity index (χ4v) is 4.15. The van der Waals surface area contributed by atoms with E-state index in [0.717, 1.165) is 16.9 Å². The van der Waals surface area contributed by atoms with Crippen LogP contribution < -0.4 is 10.1 Å². The first kappa shape index (κ1) is 20.9. The molecule has 0 spiro atoms. The summed E-state index contributed by atoms with van der Waals surface area (Å²) in [7, 11) is 0. The number of nitrogens with zero attached hydrogens (tertiary/aromatic N) is 2. The predicted octanol–water partition coefficient (Wildman–Crippen LogP) is 5.75. The van der Waals surface area contributed by atoms with Crippen LogP contribution in [0.4, 0.5) is 5.69 Å². The van der Waals surface area contributed by atoms with E-state index in [-0.39, 0.29) is 5.91 Å². The van der Waals surface area contributed by atoms with Gasteiger partial charge >= 0.3 is 0 Å². The van der Waals surface area contributed by atoms with E-state index in [1.807, 2.05) is 53.5 Å². The van der Waals surface area contributed by atoms with Gasteiger partial charge in [0.1, 0.15) is 12.4 Å². The Morgan fingerprint density at radius 2 is 1.94 bits per heavy atom. The molecule has 0 atom stereocenters. The molecule has 0 bridgehead atoms. The third-order valence-electron chi connectivity index (χ3n) is 5.09. The molecule has 0 fully saturated rings. The smallest absolute Gasteiger partial charge is 0.265 e. The van der Waals surface area contributed by atoms with Gasteiger partial charge in [-0.25, -0.2) is 0 Å². The zero-order valence-electron chi connectivity index (χ0n) is 17.9. The number of hydrogen-bond donors (Lipinski definition) is 1. The third kappa shape index (κ3) is 5.22. The topological polar surface area (TPSA) is 56.1 Å². The molecule has 158 valence electrons. The maximum atomic E-state index is 12.6. The van der Waals surface area contributed by atoms with Crippen molar-refractivity contribution < 1.29 is 9.53 Å². The van der Waals surface area contributed by atoms with Crippen LogP contribution in [0.15, 0.2) is 66.3 Å². The molecule has 0 saturated carbocycles. The van der Waals surface area contributed by atoms with Gasteiger partial charge < -0.3 is 10.1 Å². The first-order valence-electron chi connectivity index (χ1n) is 10.1. The number of rotatable bonds is 7. The fraction of sp³-hybridized carbons (Fsp3) is 0.200. The molecule has 5 nitrogen and oxygen atoms in total. The molecule has 0 unspecified atom stereocenters. The molecule has 1 amide bonds. The molecule has 2 aromatic carbocycles. The molecule has 31 heavy (non-hydrogen) atoms. The highest BCUT2D eigenvalue weighted by Gasteiger charge is 2.12. The SMILES string of the molecule is Cc1ccc(OCc2csc(C(=O)Nc3cnn(Cc4ccccc4C)c3)c2)c(C)c1. The highest BCUT2D eigenvalue weighted by molar-refractivity contribution is 7.12. The van der Waals surface area contributed by atoms with Gasteiger partial charge in [-0.3, -0.25) is 9.48 Å². The van der Waals surface area contributed by atoms with E-state index in [4.69, 9.17) is 4.74 Å². The predicted molar refractivity (Wildman–Crippen MR) is 125 cm³/mol. The minimum Gasteiger partial charge on any atom is -0.489 e. The molecule has 0 aliphatic rings. The second-order valence-corrected chi connectivity index (χ2v) is 8.60. The molecular weight excluding hydrogens is 406 g/mol. The molecule has 0 saturated heterocycles. The van der Waals surface area contributed by atoms with Crippen molar-refractivity contribution in [3.05, 3.63) is 99.0 Å². The van der Waals surface area contributed by atoms with Gasteiger partial charge in [0.25, 0.3) is 5.91 Å². The summed E-state index contributed by atoms with van der Waals surface area (Å²) in [6.07, 6.45) is 3.52. The second-order valence-electron chi connectivity index (χ2n) is 7.68. The number of thiophene rings is 1. The number of anilines is 1. The van der Waals surface area contributed by atoms with E-state index in [2.05, 4.69) is 42.5 Å². The molecule has 6 heteroatoms. The van der Waals surface area contributed by atoms with Gasteiger partial charge in [-0.15, -0.1) is 11.3 Å². The summed E-state index contributed by atoms with van der Waals surface area (Å²) in [6.45, 7) is 7.28. The Morgan fingerprint density at radius 1 is 1.10 bits per heavy atom. The number of nitrogens with one attached hydrogen (secondary N) is 1. The van der Waals surface area contributed by atoms with Crippen molar-refractivity contribution in [1.29, 1.82) is 0 Å². The first-order chi connectivity index (χ1) is 15.0. The summed E-state index contributed by atoms with van der Waals surface area (Å²) >= 11 is 1.41. The number of amides is 1. The highest BCUT2D eigenvalue weighted by atomic mass is 32.1. The number of aryl methyl sites for hydroxylation is 3. The first-order valence-corrected chi connectivity index (χ1v) is 11.0. The van der Waals surface area contributed by atoms with Gasteiger partial charge in [0.05, 0.1) is 23.3 Å². The van der Waals surface area contributed by atoms with E-state index in [1.54, 1.807) is 6.20 Å². The second kappa shape index (κ2) is 9.18. The molecule has 0 radical (unpaired) electrons. The highest BCUT2D eigenvalue weighted by Crippen LogP contribution is 2.22. The number of carbonyl (C=O) groups is 1. The summed E-state index contributed by atoms with van der Waals surface area (Å²) in [5.41, 5.74) is 6.40. The molecule has 0 aliphatic heterocycles. The zero-order valence-corrected chi connectivity index (χ0v) is 18.7. The van der Waals surface area contributed by atoms with Gasteiger partial charge in [0.2, 0.25) is 0 Å². The summed E-state index contributed by atoms with van der Waals surface area (Å²) in [6, 6.07) is 16.2. The standard InChI is InChI=1S/C25H25N3O2S/c1-17-8-9-23(19(3)10-17)30-15-20-11-24(31-16-20)25(29)27-22-12-26-28(14-22)13-21-7-5-4-6-18(21)2/h4-12,14,16H,13,15H2,1-3H3,(H,27,29). The number of aromatic nitrogens is 2. The van der Waals surface area contributed by atoms with Gasteiger partial charge in [-0.1, -0.05) is 42.0 Å². The Hall–Kier alpha value is -3.38. The van der Waals surface area contributed by atoms with Crippen LogP contribution in [-0.2, 0) is 13.2 Å². The summed E-state index contributed by atoms with van der Waals surface area (Å²) in [5, 5.41) is 9.25. The zero-order chi connectivity index (χ0) is 21.8. The van der Waals surface area contributed by atoms with Crippen LogP contribution in [0.25, 0.3) is 0 Å². The Balaban J connectivity index is 1.35. The van der Waals surface area contributed by atoms with E-state index in [9.17, 15) is 4.79 Å². The van der Waals surface area contributed by atoms with Crippen molar-refractivity contribution >= 4 is 22.9 Å². The van der Waals surface area contributed by atoms with Crippen LogP contribution in [0.5, 0.6) is 5.75 Å². The van der Waals surface area contributed by atoms with E-state index in [0.29, 0.717) is 23.7 Å². The molecule has 2 aromatic heterocycles. The Bertz CT molecular complexity index is 1210. The lowest BCUT2D eigenvalue weighted by atomic mass is 10.1. The van der Waals surface area contributed by atoms with E-state index >= 15 is 0 Å². The average Bonchev–Trinajstić information content (AvgIpc) is 3.39. The van der Waals surface area contributed by atoms with Crippen molar-refractivity contribution in [2.45, 2.75) is 33.9 Å². The van der Waals surface area contributed by atoms with Crippen molar-refractivity contribution in [1.82, 2.24) is 9.78 Å². The quantitative estimate of drug-likeness (QED) is 0.405. The molecule has 1 N–H and O–H groups in total. The van der Waals surface area contributed by atoms with Gasteiger partial charge in [0, 0.05) is 11.8 Å². The normalized spacial score (nSPS) is 10.8. The minimum atomic E-state index is -0.141. The number of benzene rings is 2. The van der Waals surface area contributed by atoms with E-state index < -0.39 is 0 Å². The van der Waals surface area contributed by atoms with Crippen LogP contribution in [-0.4, -0.2) is 15.7 Å². The van der Waals surface area contributed by atoms with Crippen LogP contribution in [0.1, 0.15) is 37.5 Å². The van der Waals surface area contributed by atoms with Crippen molar-refractivity contribution in [3.8, 4) is 5.75 Å². The number of ether oxygens (including phenoxy) is 1. The lowest BCUT2D eigenvalue weighted by Crippen LogP contribution is -2.09. The maximum absolute atomic E-state index is 12.6. The Labute approximate surface area is 186 Å². The maximum Gasteiger partial charge on any atom is 0.265 e. The molecule has 2 heterocycles. The Kier molecular flexibility index (Phi) is 6.18. The Morgan fingerprint density at radius 3 is 2.74 bits per heavy atom. The van der Waals surface area contributed by atoms with Crippen molar-refractivity contribution in [2.24, 2.45) is 0 Å². The number of hydrogen-bond acceptors (Lipinski definition) is 4. The van der Waals surface area contributed by atoms with E-state index in [1.165, 1.54) is 28.0 Å². The van der Waals surface area contributed by atoms with Gasteiger partial charge in [-0.2, -0.15) is 5.10 Å². The molecule has 4 aromatic rings. The summed E-state index contributed by atoms with van der Waals surface area (Å²) in [4.78, 5) is 13.3. The lowest BCUT2D eigenvalue weighted by molar-refractivity contribution is 0.103. The number of carbonyl (C=O) groups excluding carboxylic acids is 1. The van der Waals surface area contributed by atoms with Crippen LogP contribution in [0, 0.1) is 20.8 Å². The van der Waals surface area contributed by atoms with Crippen LogP contribution in [0.3, 0.4) is 0 Å². The van der Waals surface area contributed by atoms with Gasteiger partial charge in [0.15, 0.2) is 0 Å².